The quantitative estimate of drug-likeness (QED) is 0.746. The van der Waals surface area contributed by atoms with Crippen molar-refractivity contribution in [3.8, 4) is 0 Å². The topological polar surface area (TPSA) is 53.8 Å². The Bertz CT molecular complexity index is 813. The monoisotopic (exact) mass is 398 g/mol. The lowest BCUT2D eigenvalue weighted by atomic mass is 9.94. The Morgan fingerprint density at radius 3 is 2.61 bits per heavy atom. The molecule has 6 heteroatoms. The van der Waals surface area contributed by atoms with Gasteiger partial charge in [0.2, 0.25) is 5.91 Å². The van der Waals surface area contributed by atoms with Crippen molar-refractivity contribution >= 4 is 23.6 Å². The maximum absolute atomic E-state index is 12.8. The summed E-state index contributed by atoms with van der Waals surface area (Å²) in [5.41, 5.74) is 1.75. The van der Waals surface area contributed by atoms with Crippen LogP contribution in [0, 0.1) is 0 Å². The van der Waals surface area contributed by atoms with Crippen molar-refractivity contribution < 1.29 is 14.0 Å². The van der Waals surface area contributed by atoms with E-state index >= 15 is 0 Å². The lowest BCUT2D eigenvalue weighted by Gasteiger charge is -2.31. The summed E-state index contributed by atoms with van der Waals surface area (Å²) < 4.78 is 5.41. The highest BCUT2D eigenvalue weighted by molar-refractivity contribution is 8.00. The molecule has 1 aromatic heterocycles. The van der Waals surface area contributed by atoms with Crippen LogP contribution in [0.2, 0.25) is 0 Å². The molecule has 0 radical (unpaired) electrons. The molecule has 1 aliphatic carbocycles. The molecule has 0 spiro atoms. The lowest BCUT2D eigenvalue weighted by Crippen LogP contribution is -2.38. The van der Waals surface area contributed by atoms with E-state index in [0.29, 0.717) is 23.9 Å². The van der Waals surface area contributed by atoms with Crippen LogP contribution in [0.1, 0.15) is 59.2 Å². The van der Waals surface area contributed by atoms with Crippen LogP contribution in [-0.2, 0) is 11.3 Å². The number of carbonyl (C=O) groups is 2. The molecule has 148 valence electrons. The molecular weight excluding hydrogens is 372 g/mol. The molecule has 2 amide bonds. The van der Waals surface area contributed by atoms with Gasteiger partial charge in [-0.1, -0.05) is 31.4 Å². The van der Waals surface area contributed by atoms with E-state index in [2.05, 4.69) is 0 Å². The molecule has 2 aliphatic rings. The third kappa shape index (κ3) is 3.97. The summed E-state index contributed by atoms with van der Waals surface area (Å²) >= 11 is 1.62. The first kappa shape index (κ1) is 19.1. The number of benzene rings is 1. The summed E-state index contributed by atoms with van der Waals surface area (Å²) in [5.74, 6) is 1.45. The molecule has 4 rings (SSSR count). The van der Waals surface area contributed by atoms with E-state index in [4.69, 9.17) is 4.42 Å². The van der Waals surface area contributed by atoms with Crippen LogP contribution >= 0.6 is 11.8 Å². The minimum absolute atomic E-state index is 0.0437. The van der Waals surface area contributed by atoms with E-state index in [1.165, 1.54) is 19.3 Å². The van der Waals surface area contributed by atoms with E-state index in [1.54, 1.807) is 18.0 Å². The van der Waals surface area contributed by atoms with Crippen LogP contribution in [0.3, 0.4) is 0 Å². The number of carbonyl (C=O) groups excluding carboxylic acids is 2. The molecule has 2 heterocycles. The van der Waals surface area contributed by atoms with E-state index < -0.39 is 0 Å². The Balaban J connectivity index is 1.46. The molecule has 2 fully saturated rings. The average Bonchev–Trinajstić information content (AvgIpc) is 3.38. The molecule has 1 unspecified atom stereocenters. The van der Waals surface area contributed by atoms with E-state index in [9.17, 15) is 9.59 Å². The lowest BCUT2D eigenvalue weighted by molar-refractivity contribution is -0.128. The third-order valence-corrected chi connectivity index (χ3v) is 7.02. The van der Waals surface area contributed by atoms with Crippen LogP contribution in [0.4, 0.5) is 0 Å². The highest BCUT2D eigenvalue weighted by Gasteiger charge is 2.33. The van der Waals surface area contributed by atoms with Crippen LogP contribution in [0.15, 0.2) is 47.1 Å². The summed E-state index contributed by atoms with van der Waals surface area (Å²) in [6, 6.07) is 11.8. The average molecular weight is 399 g/mol. The van der Waals surface area contributed by atoms with Gasteiger partial charge < -0.3 is 14.2 Å². The van der Waals surface area contributed by atoms with E-state index in [0.717, 1.165) is 24.2 Å². The largest absolute Gasteiger partial charge is 0.467 e. The first-order chi connectivity index (χ1) is 13.6. The number of nitrogens with zero attached hydrogens (tertiary/aromatic N) is 2. The number of furan rings is 1. The SMILES string of the molecule is CN(C(=O)c1ccc(C2SCC(=O)N2Cc2ccco2)cc1)C1CCCCC1. The molecule has 1 saturated heterocycles. The fourth-order valence-corrected chi connectivity index (χ4v) is 5.29. The van der Waals surface area contributed by atoms with Crippen molar-refractivity contribution in [2.45, 2.75) is 50.1 Å². The highest BCUT2D eigenvalue weighted by atomic mass is 32.2. The fraction of sp³-hybridized carbons (Fsp3) is 0.455. The maximum atomic E-state index is 12.8. The minimum Gasteiger partial charge on any atom is -0.467 e. The van der Waals surface area contributed by atoms with Gasteiger partial charge in [-0.05, 0) is 42.7 Å². The van der Waals surface area contributed by atoms with Gasteiger partial charge in [0.1, 0.15) is 11.1 Å². The molecule has 28 heavy (non-hydrogen) atoms. The number of hydrogen-bond acceptors (Lipinski definition) is 4. The zero-order valence-corrected chi connectivity index (χ0v) is 17.0. The molecule has 1 aromatic carbocycles. The van der Waals surface area contributed by atoms with E-state index in [1.807, 2.05) is 53.2 Å². The Kier molecular flexibility index (Phi) is 5.76. The first-order valence-electron chi connectivity index (χ1n) is 9.94. The maximum Gasteiger partial charge on any atom is 0.253 e. The van der Waals surface area contributed by atoms with Crippen molar-refractivity contribution in [2.24, 2.45) is 0 Å². The molecule has 0 N–H and O–H groups in total. The van der Waals surface area contributed by atoms with Crippen molar-refractivity contribution in [1.29, 1.82) is 0 Å². The molecule has 0 bridgehead atoms. The Morgan fingerprint density at radius 2 is 1.93 bits per heavy atom. The smallest absolute Gasteiger partial charge is 0.253 e. The summed E-state index contributed by atoms with van der Waals surface area (Å²) in [4.78, 5) is 28.9. The number of thioether (sulfide) groups is 1. The van der Waals surface area contributed by atoms with Crippen LogP contribution in [-0.4, -0.2) is 40.5 Å². The zero-order chi connectivity index (χ0) is 19.5. The second kappa shape index (κ2) is 8.43. The summed E-state index contributed by atoms with van der Waals surface area (Å²) in [6.45, 7) is 0.467. The van der Waals surface area contributed by atoms with Crippen LogP contribution in [0.25, 0.3) is 0 Å². The molecule has 5 nitrogen and oxygen atoms in total. The summed E-state index contributed by atoms with van der Waals surface area (Å²) in [7, 11) is 1.92. The van der Waals surface area contributed by atoms with Crippen LogP contribution in [0.5, 0.6) is 0 Å². The van der Waals surface area contributed by atoms with E-state index in [-0.39, 0.29) is 17.2 Å². The predicted octanol–water partition coefficient (Wildman–Crippen LogP) is 4.46. The number of rotatable bonds is 5. The molecule has 1 atom stereocenters. The van der Waals surface area contributed by atoms with Gasteiger partial charge in [-0.2, -0.15) is 0 Å². The summed E-state index contributed by atoms with van der Waals surface area (Å²) in [6.07, 6.45) is 7.52. The van der Waals surface area contributed by atoms with Crippen LogP contribution < -0.4 is 0 Å². The van der Waals surface area contributed by atoms with Gasteiger partial charge in [0.05, 0.1) is 18.6 Å². The highest BCUT2D eigenvalue weighted by Crippen LogP contribution is 2.39. The summed E-state index contributed by atoms with van der Waals surface area (Å²) in [5, 5.41) is -0.0437. The zero-order valence-electron chi connectivity index (χ0n) is 16.2. The van der Waals surface area contributed by atoms with Gasteiger partial charge in [-0.25, -0.2) is 0 Å². The van der Waals surface area contributed by atoms with Gasteiger partial charge in [-0.15, -0.1) is 11.8 Å². The Hall–Kier alpha value is -2.21. The minimum atomic E-state index is -0.0437. The van der Waals surface area contributed by atoms with Crippen molar-refractivity contribution in [2.75, 3.05) is 12.8 Å². The second-order valence-corrected chi connectivity index (χ2v) is 8.66. The third-order valence-electron chi connectivity index (χ3n) is 5.76. The van der Waals surface area contributed by atoms with Gasteiger partial charge in [0, 0.05) is 18.7 Å². The predicted molar refractivity (Wildman–Crippen MR) is 110 cm³/mol. The van der Waals surface area contributed by atoms with Crippen molar-refractivity contribution in [3.63, 3.8) is 0 Å². The van der Waals surface area contributed by atoms with Crippen molar-refractivity contribution in [1.82, 2.24) is 9.80 Å². The normalized spacial score (nSPS) is 20.5. The van der Waals surface area contributed by atoms with Gasteiger partial charge in [-0.3, -0.25) is 9.59 Å². The molecular formula is C22H26N2O3S. The van der Waals surface area contributed by atoms with Crippen molar-refractivity contribution in [3.05, 3.63) is 59.5 Å². The fourth-order valence-electron chi connectivity index (χ4n) is 4.10. The molecule has 1 saturated carbocycles. The number of amides is 2. The molecule has 1 aliphatic heterocycles. The van der Waals surface area contributed by atoms with Gasteiger partial charge in [0.15, 0.2) is 0 Å². The second-order valence-electron chi connectivity index (χ2n) is 7.59. The first-order valence-corrected chi connectivity index (χ1v) is 11.0. The van der Waals surface area contributed by atoms with Gasteiger partial charge in [0.25, 0.3) is 5.91 Å². The standard InChI is InChI=1S/C22H26N2O3S/c1-23(18-6-3-2-4-7-18)21(26)16-9-11-17(12-10-16)22-24(20(25)15-28-22)14-19-8-5-13-27-19/h5,8-13,18,22H,2-4,6-7,14-15H2,1H3. The van der Waals surface area contributed by atoms with Gasteiger partial charge >= 0.3 is 0 Å². The Labute approximate surface area is 170 Å². The molecule has 2 aromatic rings. The number of hydrogen-bond donors (Lipinski definition) is 0. The Morgan fingerprint density at radius 1 is 1.18 bits per heavy atom.